The van der Waals surface area contributed by atoms with E-state index in [0.717, 1.165) is 18.4 Å². The predicted molar refractivity (Wildman–Crippen MR) is 135 cm³/mol. The number of rotatable bonds is 11. The number of amides is 1. The van der Waals surface area contributed by atoms with E-state index in [1.165, 1.54) is 11.1 Å². The van der Waals surface area contributed by atoms with E-state index in [0.29, 0.717) is 25.0 Å². The zero-order chi connectivity index (χ0) is 24.9. The van der Waals surface area contributed by atoms with Gasteiger partial charge in [-0.05, 0) is 79.7 Å². The fraction of sp³-hybridized carbons (Fsp3) is 0.500. The van der Waals surface area contributed by atoms with E-state index in [4.69, 9.17) is 9.47 Å². The highest BCUT2D eigenvalue weighted by Crippen LogP contribution is 2.16. The molecule has 0 aliphatic rings. The standard InChI is InChI=1S/C28H41NO4/c1-8-32-26(30)24(18-17-22(4)14-12-13-21(2)3)20-25(19-23-15-10-9-11-16-23)29-27(31)33-28(5,6)7/h9-11,13,15-17,20,25H,8,12,14,18-19H2,1-7H3,(H,29,31)/b22-17+,24-20+/t25-/m0/s1. The molecule has 0 bridgehead atoms. The zero-order valence-electron chi connectivity index (χ0n) is 21.4. The van der Waals surface area contributed by atoms with Crippen LogP contribution in [-0.2, 0) is 20.7 Å². The lowest BCUT2D eigenvalue weighted by atomic mass is 10.0. The monoisotopic (exact) mass is 455 g/mol. The van der Waals surface area contributed by atoms with Gasteiger partial charge in [0.1, 0.15) is 5.60 Å². The van der Waals surface area contributed by atoms with Crippen molar-refractivity contribution >= 4 is 12.1 Å². The van der Waals surface area contributed by atoms with Gasteiger partial charge in [0.15, 0.2) is 0 Å². The quantitative estimate of drug-likeness (QED) is 0.229. The Morgan fingerprint density at radius 3 is 2.30 bits per heavy atom. The van der Waals surface area contributed by atoms with Crippen LogP contribution in [0.1, 0.15) is 73.3 Å². The molecule has 1 atom stereocenters. The Kier molecular flexibility index (Phi) is 12.3. The Balaban J connectivity index is 3.13. The van der Waals surface area contributed by atoms with Crippen LogP contribution in [0.2, 0.25) is 0 Å². The first-order chi connectivity index (χ1) is 15.5. The molecule has 0 aliphatic carbocycles. The van der Waals surface area contributed by atoms with Crippen molar-refractivity contribution in [3.8, 4) is 0 Å². The van der Waals surface area contributed by atoms with Crippen molar-refractivity contribution in [2.24, 2.45) is 0 Å². The number of ether oxygens (including phenoxy) is 2. The van der Waals surface area contributed by atoms with Gasteiger partial charge in [0.2, 0.25) is 0 Å². The van der Waals surface area contributed by atoms with Crippen molar-refractivity contribution in [2.45, 2.75) is 85.8 Å². The number of hydrogen-bond acceptors (Lipinski definition) is 4. The first-order valence-corrected chi connectivity index (χ1v) is 11.7. The number of hydrogen-bond donors (Lipinski definition) is 1. The number of nitrogens with one attached hydrogen (secondary N) is 1. The molecule has 1 amide bonds. The van der Waals surface area contributed by atoms with Gasteiger partial charge in [0.25, 0.3) is 0 Å². The van der Waals surface area contributed by atoms with E-state index in [2.05, 4.69) is 38.2 Å². The van der Waals surface area contributed by atoms with E-state index in [1.807, 2.05) is 51.1 Å². The third-order valence-electron chi connectivity index (χ3n) is 4.70. The third-order valence-corrected chi connectivity index (χ3v) is 4.70. The molecule has 1 aromatic rings. The largest absolute Gasteiger partial charge is 0.463 e. The maximum absolute atomic E-state index is 12.7. The van der Waals surface area contributed by atoms with Crippen LogP contribution in [0.25, 0.3) is 0 Å². The molecular weight excluding hydrogens is 414 g/mol. The molecule has 0 saturated heterocycles. The number of allylic oxidation sites excluding steroid dienone is 4. The minimum absolute atomic E-state index is 0.294. The average molecular weight is 456 g/mol. The van der Waals surface area contributed by atoms with E-state index >= 15 is 0 Å². The normalized spacial score (nSPS) is 13.2. The summed E-state index contributed by atoms with van der Waals surface area (Å²) in [5, 5.41) is 2.91. The van der Waals surface area contributed by atoms with Crippen molar-refractivity contribution < 1.29 is 19.1 Å². The van der Waals surface area contributed by atoms with Crippen molar-refractivity contribution in [2.75, 3.05) is 6.61 Å². The lowest BCUT2D eigenvalue weighted by molar-refractivity contribution is -0.138. The summed E-state index contributed by atoms with van der Waals surface area (Å²) < 4.78 is 10.7. The highest BCUT2D eigenvalue weighted by atomic mass is 16.6. The van der Waals surface area contributed by atoms with Crippen LogP contribution in [-0.4, -0.2) is 30.3 Å². The zero-order valence-corrected chi connectivity index (χ0v) is 21.4. The number of benzene rings is 1. The van der Waals surface area contributed by atoms with E-state index in [9.17, 15) is 9.59 Å². The van der Waals surface area contributed by atoms with Crippen LogP contribution in [0.4, 0.5) is 4.79 Å². The average Bonchev–Trinajstić information content (AvgIpc) is 2.70. The van der Waals surface area contributed by atoms with Crippen LogP contribution < -0.4 is 5.32 Å². The van der Waals surface area contributed by atoms with Gasteiger partial charge in [-0.15, -0.1) is 0 Å². The summed E-state index contributed by atoms with van der Waals surface area (Å²) in [7, 11) is 0. The first-order valence-electron chi connectivity index (χ1n) is 11.7. The maximum Gasteiger partial charge on any atom is 0.408 e. The molecule has 33 heavy (non-hydrogen) atoms. The fourth-order valence-corrected chi connectivity index (χ4v) is 3.14. The molecule has 0 radical (unpaired) electrons. The van der Waals surface area contributed by atoms with E-state index < -0.39 is 17.7 Å². The summed E-state index contributed by atoms with van der Waals surface area (Å²) in [6, 6.07) is 9.43. The highest BCUT2D eigenvalue weighted by Gasteiger charge is 2.20. The molecule has 1 rings (SSSR count). The summed E-state index contributed by atoms with van der Waals surface area (Å²) in [4.78, 5) is 25.2. The van der Waals surface area contributed by atoms with Gasteiger partial charge < -0.3 is 14.8 Å². The molecule has 5 nitrogen and oxygen atoms in total. The van der Waals surface area contributed by atoms with Crippen molar-refractivity contribution in [3.05, 3.63) is 70.8 Å². The van der Waals surface area contributed by atoms with Crippen LogP contribution in [0.3, 0.4) is 0 Å². The summed E-state index contributed by atoms with van der Waals surface area (Å²) in [5.74, 6) is -0.366. The fourth-order valence-electron chi connectivity index (χ4n) is 3.14. The highest BCUT2D eigenvalue weighted by molar-refractivity contribution is 5.89. The van der Waals surface area contributed by atoms with Gasteiger partial charge >= 0.3 is 12.1 Å². The Hall–Kier alpha value is -2.82. The summed E-state index contributed by atoms with van der Waals surface area (Å²) in [5.41, 5.74) is 3.47. The maximum atomic E-state index is 12.7. The van der Waals surface area contributed by atoms with Crippen molar-refractivity contribution in [1.82, 2.24) is 5.32 Å². The molecule has 0 saturated carbocycles. The van der Waals surface area contributed by atoms with Gasteiger partial charge in [0, 0.05) is 5.57 Å². The molecule has 1 aromatic carbocycles. The topological polar surface area (TPSA) is 64.6 Å². The third kappa shape index (κ3) is 13.4. The van der Waals surface area contributed by atoms with Crippen LogP contribution >= 0.6 is 0 Å². The van der Waals surface area contributed by atoms with Crippen LogP contribution in [0.15, 0.2) is 65.3 Å². The predicted octanol–water partition coefficient (Wildman–Crippen LogP) is 6.69. The number of carbonyl (C=O) groups is 2. The van der Waals surface area contributed by atoms with Crippen LogP contribution in [0, 0.1) is 0 Å². The minimum Gasteiger partial charge on any atom is -0.463 e. The van der Waals surface area contributed by atoms with Crippen molar-refractivity contribution in [3.63, 3.8) is 0 Å². The SMILES string of the molecule is CCOC(=O)/C(=C/[C@H](Cc1ccccc1)NC(=O)OC(C)(C)C)C/C=C(\C)CCC=C(C)C. The Morgan fingerprint density at radius 2 is 1.73 bits per heavy atom. The second kappa shape index (κ2) is 14.4. The smallest absolute Gasteiger partial charge is 0.408 e. The minimum atomic E-state index is -0.611. The molecule has 0 heterocycles. The molecule has 5 heteroatoms. The first kappa shape index (κ1) is 28.2. The summed E-state index contributed by atoms with van der Waals surface area (Å²) in [6.45, 7) is 13.8. The molecule has 0 spiro atoms. The molecule has 0 aromatic heterocycles. The Morgan fingerprint density at radius 1 is 1.06 bits per heavy atom. The number of carbonyl (C=O) groups excluding carboxylic acids is 2. The molecule has 182 valence electrons. The molecule has 0 unspecified atom stereocenters. The Bertz CT molecular complexity index is 840. The van der Waals surface area contributed by atoms with Gasteiger partial charge in [0.05, 0.1) is 12.6 Å². The van der Waals surface area contributed by atoms with Crippen LogP contribution in [0.5, 0.6) is 0 Å². The second-order valence-corrected chi connectivity index (χ2v) is 9.43. The van der Waals surface area contributed by atoms with Gasteiger partial charge in [-0.2, -0.15) is 0 Å². The van der Waals surface area contributed by atoms with Gasteiger partial charge in [-0.25, -0.2) is 9.59 Å². The Labute approximate surface area is 199 Å². The molecule has 0 aliphatic heterocycles. The van der Waals surface area contributed by atoms with Gasteiger partial charge in [-0.1, -0.05) is 59.7 Å². The van der Waals surface area contributed by atoms with Gasteiger partial charge in [-0.3, -0.25) is 0 Å². The molecule has 0 fully saturated rings. The lowest BCUT2D eigenvalue weighted by Crippen LogP contribution is -2.39. The number of alkyl carbamates (subject to hydrolysis) is 1. The van der Waals surface area contributed by atoms with Crippen molar-refractivity contribution in [1.29, 1.82) is 0 Å². The summed E-state index contributed by atoms with van der Waals surface area (Å²) in [6.07, 6.45) is 8.44. The second-order valence-electron chi connectivity index (χ2n) is 9.43. The summed E-state index contributed by atoms with van der Waals surface area (Å²) >= 11 is 0. The van der Waals surface area contributed by atoms with E-state index in [1.54, 1.807) is 13.0 Å². The molecular formula is C28H41NO4. The lowest BCUT2D eigenvalue weighted by Gasteiger charge is -2.23. The number of esters is 1. The molecule has 1 N–H and O–H groups in total. The van der Waals surface area contributed by atoms with E-state index in [-0.39, 0.29) is 5.97 Å².